The van der Waals surface area contributed by atoms with Gasteiger partial charge in [0.25, 0.3) is 0 Å². The molecule has 0 saturated heterocycles. The van der Waals surface area contributed by atoms with E-state index in [1.54, 1.807) is 0 Å². The lowest BCUT2D eigenvalue weighted by molar-refractivity contribution is 0.950. The van der Waals surface area contributed by atoms with Gasteiger partial charge in [0, 0.05) is 50.2 Å². The number of hydrogen-bond donors (Lipinski definition) is 0. The Morgan fingerprint density at radius 3 is 2.00 bits per heavy atom. The molecule has 250 valence electrons. The van der Waals surface area contributed by atoms with Crippen molar-refractivity contribution in [2.75, 3.05) is 4.90 Å². The van der Waals surface area contributed by atoms with Crippen LogP contribution in [-0.2, 0) is 0 Å². The SMILES string of the molecule is C1=C[C@@H]2C[C@H]2C2=C1N(c1ccccc1)c1ccccc1-c1c2n(-c2cccc(-c3cc(-c4ccccc4)nc(-c4ccccc4)n3)c2)c2ccccc12. The second-order valence-corrected chi connectivity index (χ2v) is 14.2. The summed E-state index contributed by atoms with van der Waals surface area (Å²) >= 11 is 0. The zero-order chi connectivity index (χ0) is 34.9. The Bertz CT molecular complexity index is 2700. The van der Waals surface area contributed by atoms with E-state index in [1.165, 1.54) is 56.8 Å². The Morgan fingerprint density at radius 1 is 0.547 bits per heavy atom. The maximum absolute atomic E-state index is 5.20. The summed E-state index contributed by atoms with van der Waals surface area (Å²) in [5, 5.41) is 1.26. The van der Waals surface area contributed by atoms with E-state index in [0.717, 1.165) is 33.8 Å². The third kappa shape index (κ3) is 4.83. The van der Waals surface area contributed by atoms with E-state index >= 15 is 0 Å². The lowest BCUT2D eigenvalue weighted by Gasteiger charge is -2.30. The quantitative estimate of drug-likeness (QED) is 0.182. The molecule has 0 bridgehead atoms. The highest BCUT2D eigenvalue weighted by molar-refractivity contribution is 6.10. The fraction of sp³-hybridized carbons (Fsp3) is 0.0612. The molecule has 2 aliphatic carbocycles. The fourth-order valence-corrected chi connectivity index (χ4v) is 8.52. The number of anilines is 2. The summed E-state index contributed by atoms with van der Waals surface area (Å²) in [6, 6.07) is 60.4. The monoisotopic (exact) mass is 678 g/mol. The van der Waals surface area contributed by atoms with E-state index in [0.29, 0.717) is 17.7 Å². The normalized spacial score (nSPS) is 16.8. The van der Waals surface area contributed by atoms with Crippen LogP contribution in [0.5, 0.6) is 0 Å². The van der Waals surface area contributed by atoms with Crippen LogP contribution >= 0.6 is 0 Å². The molecule has 0 radical (unpaired) electrons. The number of nitrogens with zero attached hydrogens (tertiary/aromatic N) is 4. The number of fused-ring (bicyclic) bond motifs is 8. The number of allylic oxidation sites excluding steroid dienone is 3. The highest BCUT2D eigenvalue weighted by Crippen LogP contribution is 2.60. The van der Waals surface area contributed by atoms with Gasteiger partial charge < -0.3 is 9.47 Å². The van der Waals surface area contributed by atoms with Crippen molar-refractivity contribution in [2.24, 2.45) is 11.8 Å². The molecule has 1 aliphatic heterocycles. The maximum Gasteiger partial charge on any atom is 0.160 e. The average molecular weight is 679 g/mol. The highest BCUT2D eigenvalue weighted by atomic mass is 15.2. The highest BCUT2D eigenvalue weighted by Gasteiger charge is 2.46. The predicted molar refractivity (Wildman–Crippen MR) is 217 cm³/mol. The molecular formula is C49H34N4. The molecule has 3 heterocycles. The standard InChI is InChI=1S/C49H34N4/c1-4-15-32(16-5-1)41-31-42(51-49(50-41)33-17-6-2-7-18-33)35-19-14-22-37(29-35)53-44-26-13-11-24-39(44)46-38-23-10-12-25-43(38)52(36-20-8-3-9-21-36)45-28-27-34-30-40(34)47(45)48(46)53/h1-29,31,34,40H,30H2/t34-,40-/m1/s1. The number of rotatable bonds is 5. The number of hydrogen-bond acceptors (Lipinski definition) is 3. The Hall–Kier alpha value is -6.78. The van der Waals surface area contributed by atoms with Crippen molar-refractivity contribution in [3.8, 4) is 50.7 Å². The molecule has 6 aromatic carbocycles. The predicted octanol–water partition coefficient (Wildman–Crippen LogP) is 12.2. The molecule has 1 fully saturated rings. The molecule has 4 heteroatoms. The first-order chi connectivity index (χ1) is 26.3. The van der Waals surface area contributed by atoms with Gasteiger partial charge in [0.05, 0.1) is 34.0 Å². The second kappa shape index (κ2) is 11.9. The van der Waals surface area contributed by atoms with Crippen molar-refractivity contribution in [1.29, 1.82) is 0 Å². The molecule has 8 aromatic rings. The molecule has 2 aromatic heterocycles. The maximum atomic E-state index is 5.20. The van der Waals surface area contributed by atoms with Crippen molar-refractivity contribution >= 4 is 27.9 Å². The second-order valence-electron chi connectivity index (χ2n) is 14.2. The van der Waals surface area contributed by atoms with Gasteiger partial charge in [-0.05, 0) is 66.8 Å². The van der Waals surface area contributed by atoms with E-state index < -0.39 is 0 Å². The van der Waals surface area contributed by atoms with Gasteiger partial charge in [-0.2, -0.15) is 0 Å². The van der Waals surface area contributed by atoms with E-state index in [2.05, 4.69) is 167 Å². The minimum Gasteiger partial charge on any atom is -0.310 e. The minimum absolute atomic E-state index is 0.462. The molecule has 2 atom stereocenters. The van der Waals surface area contributed by atoms with Crippen molar-refractivity contribution in [3.63, 3.8) is 0 Å². The van der Waals surface area contributed by atoms with Gasteiger partial charge in [-0.15, -0.1) is 0 Å². The summed E-state index contributed by atoms with van der Waals surface area (Å²) in [4.78, 5) is 12.7. The largest absolute Gasteiger partial charge is 0.310 e. The van der Waals surface area contributed by atoms with Gasteiger partial charge in [-0.3, -0.25) is 0 Å². The average Bonchev–Trinajstić information content (AvgIpc) is 3.97. The van der Waals surface area contributed by atoms with E-state index in [1.807, 2.05) is 24.3 Å². The minimum atomic E-state index is 0.462. The van der Waals surface area contributed by atoms with Crippen LogP contribution in [0.25, 0.3) is 67.2 Å². The van der Waals surface area contributed by atoms with Crippen LogP contribution in [0.1, 0.15) is 12.1 Å². The van der Waals surface area contributed by atoms with Crippen LogP contribution < -0.4 is 4.90 Å². The lowest BCUT2D eigenvalue weighted by atomic mass is 9.93. The molecule has 0 N–H and O–H groups in total. The smallest absolute Gasteiger partial charge is 0.160 e. The van der Waals surface area contributed by atoms with Crippen molar-refractivity contribution < 1.29 is 0 Å². The van der Waals surface area contributed by atoms with Crippen LogP contribution in [0.2, 0.25) is 0 Å². The Morgan fingerprint density at radius 2 is 1.19 bits per heavy atom. The Labute approximate surface area is 308 Å². The van der Waals surface area contributed by atoms with Crippen molar-refractivity contribution in [1.82, 2.24) is 14.5 Å². The summed E-state index contributed by atoms with van der Waals surface area (Å²) in [5.74, 6) is 1.74. The van der Waals surface area contributed by atoms with Gasteiger partial charge in [0.1, 0.15) is 0 Å². The van der Waals surface area contributed by atoms with Crippen LogP contribution in [-0.4, -0.2) is 14.5 Å². The van der Waals surface area contributed by atoms with Gasteiger partial charge in [-0.25, -0.2) is 9.97 Å². The van der Waals surface area contributed by atoms with Crippen molar-refractivity contribution in [3.05, 3.63) is 193 Å². The molecular weight excluding hydrogens is 645 g/mol. The zero-order valence-corrected chi connectivity index (χ0v) is 29.0. The molecule has 1 saturated carbocycles. The first-order valence-electron chi connectivity index (χ1n) is 18.4. The Kier molecular flexibility index (Phi) is 6.71. The summed E-state index contributed by atoms with van der Waals surface area (Å²) < 4.78 is 2.53. The van der Waals surface area contributed by atoms with Crippen LogP contribution in [0.15, 0.2) is 188 Å². The molecule has 4 nitrogen and oxygen atoms in total. The molecule has 11 rings (SSSR count). The molecule has 0 spiro atoms. The zero-order valence-electron chi connectivity index (χ0n) is 29.0. The third-order valence-corrected chi connectivity index (χ3v) is 11.0. The van der Waals surface area contributed by atoms with Gasteiger partial charge in [0.15, 0.2) is 5.82 Å². The van der Waals surface area contributed by atoms with Crippen LogP contribution in [0.4, 0.5) is 11.4 Å². The lowest BCUT2D eigenvalue weighted by Crippen LogP contribution is -2.18. The molecule has 3 aliphatic rings. The van der Waals surface area contributed by atoms with E-state index in [4.69, 9.17) is 9.97 Å². The topological polar surface area (TPSA) is 34.0 Å². The van der Waals surface area contributed by atoms with Gasteiger partial charge in [-0.1, -0.05) is 133 Å². The molecule has 0 unspecified atom stereocenters. The van der Waals surface area contributed by atoms with E-state index in [-0.39, 0.29) is 0 Å². The van der Waals surface area contributed by atoms with Gasteiger partial charge >= 0.3 is 0 Å². The first kappa shape index (κ1) is 29.9. The van der Waals surface area contributed by atoms with E-state index in [9.17, 15) is 0 Å². The summed E-state index contributed by atoms with van der Waals surface area (Å²) in [6.07, 6.45) is 5.99. The summed E-state index contributed by atoms with van der Waals surface area (Å²) in [6.45, 7) is 0. The molecule has 53 heavy (non-hydrogen) atoms. The summed E-state index contributed by atoms with van der Waals surface area (Å²) in [5.41, 5.74) is 16.1. The van der Waals surface area contributed by atoms with Gasteiger partial charge in [0.2, 0.25) is 0 Å². The summed E-state index contributed by atoms with van der Waals surface area (Å²) in [7, 11) is 0. The first-order valence-corrected chi connectivity index (χ1v) is 18.4. The third-order valence-electron chi connectivity index (χ3n) is 11.0. The number of aromatic nitrogens is 3. The number of benzene rings is 6. The fourth-order valence-electron chi connectivity index (χ4n) is 8.52. The van der Waals surface area contributed by atoms with Crippen molar-refractivity contribution in [2.45, 2.75) is 6.42 Å². The number of para-hydroxylation sites is 3. The van der Waals surface area contributed by atoms with Crippen LogP contribution in [0.3, 0.4) is 0 Å². The molecule has 0 amide bonds. The Balaban J connectivity index is 1.18. The van der Waals surface area contributed by atoms with Crippen LogP contribution in [0, 0.1) is 11.8 Å².